The monoisotopic (exact) mass is 137 g/mol. The molecule has 0 radical (unpaired) electrons. The summed E-state index contributed by atoms with van der Waals surface area (Å²) in [6, 6.07) is 6.17. The average molecular weight is 137 g/mol. The summed E-state index contributed by atoms with van der Waals surface area (Å²) in [4.78, 5) is 1.03. The molecule has 46 valence electrons. The molecule has 2 rings (SSSR count). The van der Waals surface area contributed by atoms with E-state index in [-0.39, 0.29) is 0 Å². The van der Waals surface area contributed by atoms with Crippen molar-refractivity contribution < 1.29 is 0 Å². The molecule has 1 aliphatic heterocycles. The summed E-state index contributed by atoms with van der Waals surface area (Å²) < 4.78 is 0. The number of hydrogen-bond donors (Lipinski definition) is 2. The van der Waals surface area contributed by atoms with Crippen molar-refractivity contribution in [3.63, 3.8) is 0 Å². The maximum Gasteiger partial charge on any atom is 0.0421 e. The molecule has 1 aliphatic rings. The Hall–Kier alpha value is -0.630. The quantitative estimate of drug-likeness (QED) is 0.520. The van der Waals surface area contributed by atoms with Crippen LogP contribution in [-0.4, -0.2) is 0 Å². The lowest BCUT2D eigenvalue weighted by atomic mass is 10.1. The lowest BCUT2D eigenvalue weighted by Gasteiger charge is -2.20. The Morgan fingerprint density at radius 3 is 2.78 bits per heavy atom. The highest BCUT2D eigenvalue weighted by Crippen LogP contribution is 2.27. The first kappa shape index (κ1) is 5.18. The van der Waals surface area contributed by atoms with Crippen LogP contribution in [-0.2, 0) is 6.54 Å². The number of rotatable bonds is 0. The fraction of sp³-hybridized carbons (Fsp3) is 0.143. The fourth-order valence-electron chi connectivity index (χ4n) is 0.967. The topological polar surface area (TPSA) is 12.0 Å². The summed E-state index contributed by atoms with van der Waals surface area (Å²) in [6.07, 6.45) is 0. The van der Waals surface area contributed by atoms with Crippen molar-refractivity contribution in [2.45, 2.75) is 11.4 Å². The second kappa shape index (κ2) is 1.67. The highest BCUT2D eigenvalue weighted by Gasteiger charge is 2.09. The molecule has 0 bridgehead atoms. The molecule has 0 spiro atoms. The Kier molecular flexibility index (Phi) is 0.963. The predicted molar refractivity (Wildman–Crippen MR) is 41.0 cm³/mol. The Bertz CT molecular complexity index is 245. The van der Waals surface area contributed by atoms with E-state index >= 15 is 0 Å². The molecule has 0 atom stereocenters. The van der Waals surface area contributed by atoms with E-state index < -0.39 is 0 Å². The summed E-state index contributed by atoms with van der Waals surface area (Å²) in [7, 11) is 0. The molecule has 1 aromatic carbocycles. The molecule has 0 saturated heterocycles. The minimum atomic E-state index is 1.02. The third-order valence-corrected chi connectivity index (χ3v) is 1.84. The molecular formula is C7H7NS. The first-order valence-corrected chi connectivity index (χ1v) is 3.37. The van der Waals surface area contributed by atoms with Gasteiger partial charge in [-0.3, -0.25) is 0 Å². The van der Waals surface area contributed by atoms with E-state index in [2.05, 4.69) is 24.0 Å². The van der Waals surface area contributed by atoms with E-state index in [1.165, 1.54) is 11.3 Å². The van der Waals surface area contributed by atoms with Gasteiger partial charge in [0.25, 0.3) is 0 Å². The van der Waals surface area contributed by atoms with E-state index in [1.807, 2.05) is 12.1 Å². The van der Waals surface area contributed by atoms with E-state index in [4.69, 9.17) is 0 Å². The molecule has 0 unspecified atom stereocenters. The minimum absolute atomic E-state index is 1.02. The summed E-state index contributed by atoms with van der Waals surface area (Å²) in [5, 5.41) is 3.18. The lowest BCUT2D eigenvalue weighted by molar-refractivity contribution is 1.04. The van der Waals surface area contributed by atoms with Crippen molar-refractivity contribution in [2.75, 3.05) is 5.32 Å². The standard InChI is InChI=1S/C7H7NS/c9-6-2-1-5-4-8-7(5)3-6/h1-3,8-9H,4H2. The van der Waals surface area contributed by atoms with E-state index in [0.717, 1.165) is 11.4 Å². The Morgan fingerprint density at radius 2 is 2.33 bits per heavy atom. The lowest BCUT2D eigenvalue weighted by Crippen LogP contribution is -2.12. The maximum absolute atomic E-state index is 4.20. The molecule has 0 amide bonds. The second-order valence-electron chi connectivity index (χ2n) is 2.20. The van der Waals surface area contributed by atoms with Crippen LogP contribution in [0.1, 0.15) is 5.56 Å². The van der Waals surface area contributed by atoms with Crippen molar-refractivity contribution >= 4 is 18.3 Å². The molecule has 1 N–H and O–H groups in total. The molecule has 1 aromatic rings. The Morgan fingerprint density at radius 1 is 1.44 bits per heavy atom. The maximum atomic E-state index is 4.20. The van der Waals surface area contributed by atoms with Crippen molar-refractivity contribution in [2.24, 2.45) is 0 Å². The smallest absolute Gasteiger partial charge is 0.0421 e. The van der Waals surface area contributed by atoms with Crippen LogP contribution < -0.4 is 5.32 Å². The number of benzene rings is 1. The molecule has 2 heteroatoms. The van der Waals surface area contributed by atoms with Crippen molar-refractivity contribution in [3.8, 4) is 0 Å². The van der Waals surface area contributed by atoms with E-state index in [9.17, 15) is 0 Å². The van der Waals surface area contributed by atoms with Gasteiger partial charge in [0, 0.05) is 17.1 Å². The number of fused-ring (bicyclic) bond motifs is 1. The van der Waals surface area contributed by atoms with Gasteiger partial charge in [0.05, 0.1) is 0 Å². The summed E-state index contributed by atoms with van der Waals surface area (Å²) in [6.45, 7) is 1.02. The third-order valence-electron chi connectivity index (χ3n) is 1.56. The van der Waals surface area contributed by atoms with Crippen LogP contribution in [0, 0.1) is 0 Å². The first-order chi connectivity index (χ1) is 4.36. The van der Waals surface area contributed by atoms with Crippen LogP contribution in [0.15, 0.2) is 23.1 Å². The number of thiol groups is 1. The molecule has 0 fully saturated rings. The van der Waals surface area contributed by atoms with Gasteiger partial charge < -0.3 is 5.32 Å². The van der Waals surface area contributed by atoms with Gasteiger partial charge in [-0.1, -0.05) is 6.07 Å². The van der Waals surface area contributed by atoms with Crippen LogP contribution >= 0.6 is 12.6 Å². The van der Waals surface area contributed by atoms with Crippen molar-refractivity contribution in [3.05, 3.63) is 23.8 Å². The minimum Gasteiger partial charge on any atom is -0.381 e. The number of anilines is 1. The molecule has 0 aliphatic carbocycles. The van der Waals surface area contributed by atoms with Crippen LogP contribution in [0.25, 0.3) is 0 Å². The fourth-order valence-corrected chi connectivity index (χ4v) is 1.17. The highest BCUT2D eigenvalue weighted by atomic mass is 32.1. The molecule has 0 saturated carbocycles. The SMILES string of the molecule is Sc1ccc2c(c1)NC2. The second-order valence-corrected chi connectivity index (χ2v) is 2.71. The van der Waals surface area contributed by atoms with Crippen LogP contribution in [0.5, 0.6) is 0 Å². The Labute approximate surface area is 59.5 Å². The molecule has 1 heterocycles. The van der Waals surface area contributed by atoms with Crippen molar-refractivity contribution in [1.82, 2.24) is 0 Å². The van der Waals surface area contributed by atoms with E-state index in [1.54, 1.807) is 0 Å². The van der Waals surface area contributed by atoms with Crippen LogP contribution in [0.2, 0.25) is 0 Å². The molecule has 1 nitrogen and oxygen atoms in total. The first-order valence-electron chi connectivity index (χ1n) is 2.92. The number of nitrogens with one attached hydrogen (secondary N) is 1. The zero-order valence-corrected chi connectivity index (χ0v) is 5.78. The van der Waals surface area contributed by atoms with Gasteiger partial charge in [-0.25, -0.2) is 0 Å². The summed E-state index contributed by atoms with van der Waals surface area (Å²) in [5.74, 6) is 0. The highest BCUT2D eigenvalue weighted by molar-refractivity contribution is 7.80. The van der Waals surface area contributed by atoms with Gasteiger partial charge in [-0.05, 0) is 17.7 Å². The van der Waals surface area contributed by atoms with Gasteiger partial charge in [-0.15, -0.1) is 12.6 Å². The van der Waals surface area contributed by atoms with Crippen LogP contribution in [0.4, 0.5) is 5.69 Å². The number of hydrogen-bond acceptors (Lipinski definition) is 2. The summed E-state index contributed by atoms with van der Waals surface area (Å²) in [5.41, 5.74) is 2.63. The van der Waals surface area contributed by atoms with Gasteiger partial charge in [-0.2, -0.15) is 0 Å². The van der Waals surface area contributed by atoms with E-state index in [0.29, 0.717) is 0 Å². The molecule has 0 aromatic heterocycles. The zero-order valence-electron chi connectivity index (χ0n) is 4.89. The molecular weight excluding hydrogens is 130 g/mol. The normalized spacial score (nSPS) is 13.4. The van der Waals surface area contributed by atoms with Gasteiger partial charge >= 0.3 is 0 Å². The average Bonchev–Trinajstić information content (AvgIpc) is 1.78. The molecule has 9 heavy (non-hydrogen) atoms. The zero-order chi connectivity index (χ0) is 6.27. The van der Waals surface area contributed by atoms with Gasteiger partial charge in [0.2, 0.25) is 0 Å². The van der Waals surface area contributed by atoms with Crippen molar-refractivity contribution in [1.29, 1.82) is 0 Å². The third kappa shape index (κ3) is 0.704. The Balaban J connectivity index is 2.57. The predicted octanol–water partition coefficient (Wildman–Crippen LogP) is 1.90. The largest absolute Gasteiger partial charge is 0.381 e. The van der Waals surface area contributed by atoms with Gasteiger partial charge in [0.1, 0.15) is 0 Å². The summed E-state index contributed by atoms with van der Waals surface area (Å²) >= 11 is 4.20. The van der Waals surface area contributed by atoms with Gasteiger partial charge in [0.15, 0.2) is 0 Å². The van der Waals surface area contributed by atoms with Crippen LogP contribution in [0.3, 0.4) is 0 Å².